The van der Waals surface area contributed by atoms with Crippen molar-refractivity contribution in [3.05, 3.63) is 29.8 Å². The van der Waals surface area contributed by atoms with Crippen LogP contribution < -0.4 is 4.72 Å². The topological polar surface area (TPSA) is 83.5 Å². The number of carboxylic acid groups (broad SMARTS) is 1. The van der Waals surface area contributed by atoms with Crippen molar-refractivity contribution in [3.63, 3.8) is 0 Å². The van der Waals surface area contributed by atoms with E-state index in [1.807, 2.05) is 0 Å². The Kier molecular flexibility index (Phi) is 4.62. The van der Waals surface area contributed by atoms with Crippen LogP contribution in [0.4, 0.5) is 0 Å². The van der Waals surface area contributed by atoms with Crippen molar-refractivity contribution in [3.8, 4) is 0 Å². The lowest BCUT2D eigenvalue weighted by atomic mass is 9.48. The lowest BCUT2D eigenvalue weighted by Gasteiger charge is -2.58. The molecule has 4 saturated carbocycles. The highest BCUT2D eigenvalue weighted by atomic mass is 32.2. The van der Waals surface area contributed by atoms with Gasteiger partial charge in [0, 0.05) is 0 Å². The number of hydrogen-bond acceptors (Lipinski definition) is 3. The highest BCUT2D eigenvalue weighted by molar-refractivity contribution is 7.89. The average Bonchev–Trinajstić information content (AvgIpc) is 2.58. The highest BCUT2D eigenvalue weighted by Crippen LogP contribution is 2.61. The smallest absolute Gasteiger partial charge is 0.322 e. The number of benzene rings is 1. The van der Waals surface area contributed by atoms with E-state index in [0.29, 0.717) is 23.7 Å². The van der Waals surface area contributed by atoms with E-state index in [4.69, 9.17) is 0 Å². The van der Waals surface area contributed by atoms with Gasteiger partial charge in [-0.25, -0.2) is 8.42 Å². The molecule has 1 aromatic carbocycles. The van der Waals surface area contributed by atoms with E-state index in [0.717, 1.165) is 24.8 Å². The summed E-state index contributed by atoms with van der Waals surface area (Å²) in [4.78, 5) is 12.3. The molecule has 4 aliphatic carbocycles. The number of rotatable bonds is 6. The fourth-order valence-electron chi connectivity index (χ4n) is 6.22. The van der Waals surface area contributed by atoms with Crippen LogP contribution >= 0.6 is 0 Å². The summed E-state index contributed by atoms with van der Waals surface area (Å²) < 4.78 is 28.5. The quantitative estimate of drug-likeness (QED) is 0.773. The third-order valence-electron chi connectivity index (χ3n) is 7.07. The maximum absolute atomic E-state index is 12.9. The summed E-state index contributed by atoms with van der Waals surface area (Å²) in [5.74, 6) is 0.960. The zero-order valence-corrected chi connectivity index (χ0v) is 16.8. The molecule has 2 N–H and O–H groups in total. The van der Waals surface area contributed by atoms with Gasteiger partial charge in [0.2, 0.25) is 10.0 Å². The Morgan fingerprint density at radius 2 is 1.52 bits per heavy atom. The molecule has 0 heterocycles. The Morgan fingerprint density at radius 3 is 1.93 bits per heavy atom. The summed E-state index contributed by atoms with van der Waals surface area (Å²) in [6.07, 6.45) is 6.08. The molecule has 0 saturated heterocycles. The molecular formula is C21H29NO4S. The molecule has 1 atom stereocenters. The van der Waals surface area contributed by atoms with Crippen LogP contribution in [0.3, 0.4) is 0 Å². The van der Waals surface area contributed by atoms with Crippen LogP contribution in [0, 0.1) is 23.2 Å². The number of carbonyl (C=O) groups is 1. The van der Waals surface area contributed by atoms with Crippen molar-refractivity contribution in [1.82, 2.24) is 4.72 Å². The normalized spacial score (nSPS) is 33.4. The maximum atomic E-state index is 12.9. The van der Waals surface area contributed by atoms with Crippen LogP contribution in [0.2, 0.25) is 0 Å². The van der Waals surface area contributed by atoms with E-state index in [2.05, 4.69) is 18.6 Å². The molecule has 0 spiro atoms. The van der Waals surface area contributed by atoms with Gasteiger partial charge in [0.15, 0.2) is 0 Å². The van der Waals surface area contributed by atoms with E-state index in [1.165, 1.54) is 19.3 Å². The largest absolute Gasteiger partial charge is 0.480 e. The molecule has 1 unspecified atom stereocenters. The molecule has 148 valence electrons. The number of nitrogens with one attached hydrogen (secondary N) is 1. The lowest BCUT2D eigenvalue weighted by molar-refractivity contribution is -0.150. The Balaban J connectivity index is 1.61. The average molecular weight is 392 g/mol. The standard InChI is InChI=1S/C21H29NO4S/c1-13(2)17-3-5-18(6-4-17)27(25,26)22-19(20(23)24)21-10-14-7-15(11-21)9-16(8-14)12-21/h3-6,13-16,19,22H,7-12H2,1-2H3,(H,23,24). The third kappa shape index (κ3) is 3.42. The molecule has 0 aromatic heterocycles. The molecule has 4 bridgehead atoms. The highest BCUT2D eigenvalue weighted by Gasteiger charge is 2.56. The zero-order chi connectivity index (χ0) is 19.4. The van der Waals surface area contributed by atoms with Gasteiger partial charge in [0.25, 0.3) is 0 Å². The van der Waals surface area contributed by atoms with Crippen LogP contribution in [0.25, 0.3) is 0 Å². The van der Waals surface area contributed by atoms with Crippen LogP contribution in [0.1, 0.15) is 63.9 Å². The Hall–Kier alpha value is -1.40. The van der Waals surface area contributed by atoms with Crippen LogP contribution in [-0.2, 0) is 14.8 Å². The van der Waals surface area contributed by atoms with Gasteiger partial charge >= 0.3 is 5.97 Å². The van der Waals surface area contributed by atoms with Crippen LogP contribution in [0.5, 0.6) is 0 Å². The SMILES string of the molecule is CC(C)c1ccc(S(=O)(=O)NC(C(=O)O)C23CC4CC(CC(C4)C2)C3)cc1. The first-order chi connectivity index (χ1) is 12.7. The molecule has 27 heavy (non-hydrogen) atoms. The first-order valence-electron chi connectivity index (χ1n) is 10.0. The minimum absolute atomic E-state index is 0.142. The number of aliphatic carboxylic acids is 1. The molecule has 0 aliphatic heterocycles. The van der Waals surface area contributed by atoms with Gasteiger partial charge < -0.3 is 5.11 Å². The van der Waals surface area contributed by atoms with Crippen molar-refractivity contribution in [2.24, 2.45) is 23.2 Å². The minimum Gasteiger partial charge on any atom is -0.480 e. The van der Waals surface area contributed by atoms with Crippen LogP contribution in [0.15, 0.2) is 29.2 Å². The van der Waals surface area contributed by atoms with Gasteiger partial charge in [-0.15, -0.1) is 0 Å². The maximum Gasteiger partial charge on any atom is 0.322 e. The van der Waals surface area contributed by atoms with Gasteiger partial charge in [0.05, 0.1) is 4.90 Å². The number of hydrogen-bond donors (Lipinski definition) is 2. The summed E-state index contributed by atoms with van der Waals surface area (Å²) >= 11 is 0. The Bertz CT molecular complexity index is 793. The molecule has 0 amide bonds. The molecule has 0 radical (unpaired) electrons. The monoisotopic (exact) mass is 391 g/mol. The predicted octanol–water partition coefficient (Wildman–Crippen LogP) is 3.76. The Morgan fingerprint density at radius 1 is 1.04 bits per heavy atom. The first kappa shape index (κ1) is 18.9. The molecule has 1 aromatic rings. The van der Waals surface area contributed by atoms with Crippen LogP contribution in [-0.4, -0.2) is 25.5 Å². The van der Waals surface area contributed by atoms with Gasteiger partial charge in [-0.3, -0.25) is 4.79 Å². The molecule has 6 heteroatoms. The van der Waals surface area contributed by atoms with Crippen molar-refractivity contribution < 1.29 is 18.3 Å². The van der Waals surface area contributed by atoms with Crippen molar-refractivity contribution in [1.29, 1.82) is 0 Å². The van der Waals surface area contributed by atoms with Crippen molar-refractivity contribution >= 4 is 16.0 Å². The second kappa shape index (κ2) is 6.59. The fraction of sp³-hybridized carbons (Fsp3) is 0.667. The summed E-state index contributed by atoms with van der Waals surface area (Å²) in [6.45, 7) is 4.10. The number of carboxylic acids is 1. The predicted molar refractivity (Wildman–Crippen MR) is 103 cm³/mol. The van der Waals surface area contributed by atoms with Gasteiger partial charge in [0.1, 0.15) is 6.04 Å². The van der Waals surface area contributed by atoms with E-state index < -0.39 is 27.4 Å². The Labute approximate surface area is 161 Å². The fourth-order valence-corrected chi connectivity index (χ4v) is 7.52. The van der Waals surface area contributed by atoms with E-state index in [-0.39, 0.29) is 4.90 Å². The summed E-state index contributed by atoms with van der Waals surface area (Å²) in [5, 5.41) is 9.93. The second-order valence-electron chi connectivity index (χ2n) is 9.40. The van der Waals surface area contributed by atoms with E-state index in [9.17, 15) is 18.3 Å². The summed E-state index contributed by atoms with van der Waals surface area (Å²) in [7, 11) is -3.87. The van der Waals surface area contributed by atoms with E-state index >= 15 is 0 Å². The molecule has 4 fully saturated rings. The lowest BCUT2D eigenvalue weighted by Crippen LogP contribution is -2.59. The number of sulfonamides is 1. The molecule has 4 aliphatic rings. The van der Waals surface area contributed by atoms with Gasteiger partial charge in [-0.1, -0.05) is 26.0 Å². The summed E-state index contributed by atoms with van der Waals surface area (Å²) in [6, 6.07) is 5.73. The molecular weight excluding hydrogens is 362 g/mol. The molecule has 5 rings (SSSR count). The van der Waals surface area contributed by atoms with Crippen molar-refractivity contribution in [2.45, 2.75) is 69.2 Å². The van der Waals surface area contributed by atoms with Gasteiger partial charge in [-0.05, 0) is 85.3 Å². The zero-order valence-electron chi connectivity index (χ0n) is 16.0. The summed E-state index contributed by atoms with van der Waals surface area (Å²) in [5.41, 5.74) is 0.635. The van der Waals surface area contributed by atoms with E-state index in [1.54, 1.807) is 24.3 Å². The van der Waals surface area contributed by atoms with Crippen molar-refractivity contribution in [2.75, 3.05) is 0 Å². The van der Waals surface area contributed by atoms with Gasteiger partial charge in [-0.2, -0.15) is 4.72 Å². The molecule has 5 nitrogen and oxygen atoms in total. The first-order valence-corrected chi connectivity index (χ1v) is 11.5. The minimum atomic E-state index is -3.87. The third-order valence-corrected chi connectivity index (χ3v) is 8.51. The second-order valence-corrected chi connectivity index (χ2v) is 11.1.